The molecule has 0 aliphatic rings. The zero-order valence-corrected chi connectivity index (χ0v) is 8.85. The summed E-state index contributed by atoms with van der Waals surface area (Å²) in [5, 5.41) is 0. The minimum Gasteiger partial charge on any atom is -0.204 e. The minimum absolute atomic E-state index is 0.429. The molecule has 0 bridgehead atoms. The van der Waals surface area contributed by atoms with Gasteiger partial charge in [0, 0.05) is 5.56 Å². The molecular formula is C13H6F5. The van der Waals surface area contributed by atoms with E-state index in [4.69, 9.17) is 0 Å². The average molecular weight is 257 g/mol. The van der Waals surface area contributed by atoms with Gasteiger partial charge >= 0.3 is 6.18 Å². The van der Waals surface area contributed by atoms with Crippen molar-refractivity contribution in [2.75, 3.05) is 0 Å². The van der Waals surface area contributed by atoms with Crippen molar-refractivity contribution < 1.29 is 22.0 Å². The molecule has 2 aromatic rings. The van der Waals surface area contributed by atoms with E-state index in [0.29, 0.717) is 0 Å². The standard InChI is InChI=1S/C13H6F5/c14-11-7-3-5-9(12(11)15)8-4-1-2-6-10(8)13(16,17)18/h1-5,7H. The molecule has 0 unspecified atom stereocenters. The first-order valence-electron chi connectivity index (χ1n) is 4.93. The maximum atomic E-state index is 13.5. The highest BCUT2D eigenvalue weighted by atomic mass is 19.4. The van der Waals surface area contributed by atoms with Crippen LogP contribution in [0, 0.1) is 17.7 Å². The Morgan fingerprint density at radius 2 is 1.56 bits per heavy atom. The highest BCUT2D eigenvalue weighted by molar-refractivity contribution is 5.68. The quantitative estimate of drug-likeness (QED) is 0.662. The van der Waals surface area contributed by atoms with Gasteiger partial charge in [-0.2, -0.15) is 13.2 Å². The molecule has 1 radical (unpaired) electrons. The van der Waals surface area contributed by atoms with Gasteiger partial charge in [-0.3, -0.25) is 0 Å². The molecule has 2 rings (SSSR count). The van der Waals surface area contributed by atoms with Crippen LogP contribution in [0.5, 0.6) is 0 Å². The van der Waals surface area contributed by atoms with Crippen LogP contribution < -0.4 is 0 Å². The topological polar surface area (TPSA) is 0 Å². The minimum atomic E-state index is -4.67. The van der Waals surface area contributed by atoms with Gasteiger partial charge < -0.3 is 0 Å². The van der Waals surface area contributed by atoms with E-state index in [2.05, 4.69) is 0 Å². The number of hydrogen-bond donors (Lipinski definition) is 0. The predicted molar refractivity (Wildman–Crippen MR) is 55.6 cm³/mol. The molecule has 93 valence electrons. The van der Waals surface area contributed by atoms with E-state index in [1.807, 2.05) is 6.07 Å². The largest absolute Gasteiger partial charge is 0.417 e. The molecule has 2 aromatic carbocycles. The number of halogens is 5. The molecule has 0 aliphatic carbocycles. The lowest BCUT2D eigenvalue weighted by Crippen LogP contribution is -2.08. The Hall–Kier alpha value is -1.91. The third-order valence-electron chi connectivity index (χ3n) is 2.38. The van der Waals surface area contributed by atoms with E-state index in [9.17, 15) is 22.0 Å². The molecule has 5 heteroatoms. The number of hydrogen-bond acceptors (Lipinski definition) is 0. The first kappa shape index (κ1) is 12.5. The van der Waals surface area contributed by atoms with Crippen molar-refractivity contribution in [2.24, 2.45) is 0 Å². The molecule has 0 aliphatic heterocycles. The maximum Gasteiger partial charge on any atom is 0.417 e. The Morgan fingerprint density at radius 3 is 2.22 bits per heavy atom. The Morgan fingerprint density at radius 1 is 0.889 bits per heavy atom. The average Bonchev–Trinajstić information content (AvgIpc) is 2.32. The molecule has 0 spiro atoms. The molecule has 18 heavy (non-hydrogen) atoms. The summed E-state index contributed by atoms with van der Waals surface area (Å²) >= 11 is 0. The molecule has 0 amide bonds. The van der Waals surface area contributed by atoms with Crippen molar-refractivity contribution in [3.05, 3.63) is 59.7 Å². The molecule has 0 saturated heterocycles. The van der Waals surface area contributed by atoms with Gasteiger partial charge in [-0.05, 0) is 17.7 Å². The van der Waals surface area contributed by atoms with Crippen molar-refractivity contribution in [1.82, 2.24) is 0 Å². The molecule has 0 aromatic heterocycles. The van der Waals surface area contributed by atoms with E-state index < -0.39 is 34.5 Å². The monoisotopic (exact) mass is 257 g/mol. The molecule has 0 N–H and O–H groups in total. The summed E-state index contributed by atoms with van der Waals surface area (Å²) < 4.78 is 64.7. The van der Waals surface area contributed by atoms with E-state index in [0.717, 1.165) is 30.3 Å². The Bertz CT molecular complexity index is 572. The summed E-state index contributed by atoms with van der Waals surface area (Å²) in [4.78, 5) is 0. The van der Waals surface area contributed by atoms with Gasteiger partial charge in [-0.1, -0.05) is 30.3 Å². The summed E-state index contributed by atoms with van der Waals surface area (Å²) in [6.45, 7) is 0. The van der Waals surface area contributed by atoms with Gasteiger partial charge in [0.2, 0.25) is 0 Å². The summed E-state index contributed by atoms with van der Waals surface area (Å²) in [5.74, 6) is -2.49. The molecular weight excluding hydrogens is 251 g/mol. The van der Waals surface area contributed by atoms with Crippen LogP contribution in [0.25, 0.3) is 11.1 Å². The van der Waals surface area contributed by atoms with E-state index in [1.165, 1.54) is 6.07 Å². The third-order valence-corrected chi connectivity index (χ3v) is 2.38. The van der Waals surface area contributed by atoms with Gasteiger partial charge in [0.25, 0.3) is 0 Å². The lowest BCUT2D eigenvalue weighted by molar-refractivity contribution is -0.137. The predicted octanol–water partition coefficient (Wildman–Crippen LogP) is 4.45. The second-order valence-corrected chi connectivity index (χ2v) is 3.56. The molecule has 0 atom stereocenters. The van der Waals surface area contributed by atoms with Crippen molar-refractivity contribution in [3.63, 3.8) is 0 Å². The summed E-state index contributed by atoms with van der Waals surface area (Å²) in [6.07, 6.45) is -4.67. The second-order valence-electron chi connectivity index (χ2n) is 3.56. The Kier molecular flexibility index (Phi) is 3.07. The van der Waals surface area contributed by atoms with Crippen LogP contribution >= 0.6 is 0 Å². The lowest BCUT2D eigenvalue weighted by atomic mass is 9.99. The normalized spacial score (nSPS) is 11.6. The first-order valence-corrected chi connectivity index (χ1v) is 4.93. The van der Waals surface area contributed by atoms with Crippen LogP contribution in [0.1, 0.15) is 5.56 Å². The van der Waals surface area contributed by atoms with E-state index >= 15 is 0 Å². The molecule has 0 fully saturated rings. The van der Waals surface area contributed by atoms with E-state index in [-0.39, 0.29) is 0 Å². The van der Waals surface area contributed by atoms with Gasteiger partial charge in [-0.15, -0.1) is 0 Å². The fourth-order valence-corrected chi connectivity index (χ4v) is 1.61. The van der Waals surface area contributed by atoms with Crippen molar-refractivity contribution in [1.29, 1.82) is 0 Å². The van der Waals surface area contributed by atoms with Crippen LogP contribution in [0.3, 0.4) is 0 Å². The van der Waals surface area contributed by atoms with Crippen LogP contribution in [0.15, 0.2) is 36.4 Å². The third kappa shape index (κ3) is 2.20. The zero-order chi connectivity index (χ0) is 13.3. The van der Waals surface area contributed by atoms with Crippen LogP contribution in [-0.2, 0) is 6.18 Å². The van der Waals surface area contributed by atoms with Crippen molar-refractivity contribution in [3.8, 4) is 11.1 Å². The van der Waals surface area contributed by atoms with Crippen molar-refractivity contribution >= 4 is 0 Å². The summed E-state index contributed by atoms with van der Waals surface area (Å²) in [7, 11) is 0. The van der Waals surface area contributed by atoms with Gasteiger partial charge in [0.05, 0.1) is 5.56 Å². The zero-order valence-electron chi connectivity index (χ0n) is 8.85. The number of alkyl halides is 3. The van der Waals surface area contributed by atoms with Crippen LogP contribution in [0.2, 0.25) is 0 Å². The van der Waals surface area contributed by atoms with Gasteiger partial charge in [-0.25, -0.2) is 8.78 Å². The van der Waals surface area contributed by atoms with Gasteiger partial charge in [0.15, 0.2) is 11.6 Å². The van der Waals surface area contributed by atoms with Crippen LogP contribution in [0.4, 0.5) is 22.0 Å². The maximum absolute atomic E-state index is 13.5. The first-order chi connectivity index (χ1) is 8.41. The van der Waals surface area contributed by atoms with Crippen molar-refractivity contribution in [2.45, 2.75) is 6.18 Å². The summed E-state index contributed by atoms with van der Waals surface area (Å²) in [6, 6.07) is 8.54. The highest BCUT2D eigenvalue weighted by Crippen LogP contribution is 2.37. The number of benzene rings is 2. The fourth-order valence-electron chi connectivity index (χ4n) is 1.61. The number of rotatable bonds is 1. The van der Waals surface area contributed by atoms with Gasteiger partial charge in [0.1, 0.15) is 0 Å². The molecule has 0 heterocycles. The molecule has 0 nitrogen and oxygen atoms in total. The smallest absolute Gasteiger partial charge is 0.204 e. The fraction of sp³-hybridized carbons (Fsp3) is 0.0769. The van der Waals surface area contributed by atoms with E-state index in [1.54, 1.807) is 0 Å². The Balaban J connectivity index is 2.69. The SMILES string of the molecule is Fc1cccc(-c2ccc[c]c2C(F)(F)F)c1F. The molecule has 0 saturated carbocycles. The lowest BCUT2D eigenvalue weighted by Gasteiger charge is -2.12. The summed E-state index contributed by atoms with van der Waals surface area (Å²) in [5.41, 5.74) is -1.98. The second kappa shape index (κ2) is 4.40. The highest BCUT2D eigenvalue weighted by Gasteiger charge is 2.34. The van der Waals surface area contributed by atoms with Crippen LogP contribution in [-0.4, -0.2) is 0 Å². The Labute approximate surface area is 99.7 Å².